The third kappa shape index (κ3) is 6.07. The number of benzene rings is 1. The minimum Gasteiger partial charge on any atom is -0.481 e. The maximum atomic E-state index is 13.5. The first-order valence-corrected chi connectivity index (χ1v) is 11.2. The number of carboxylic acid groups (broad SMARTS) is 1. The van der Waals surface area contributed by atoms with Gasteiger partial charge in [0.05, 0.1) is 28.5 Å². The topological polar surface area (TPSA) is 66.4 Å². The number of allylic oxidation sites excluding steroid dienone is 4. The van der Waals surface area contributed by atoms with Gasteiger partial charge in [-0.25, -0.2) is 0 Å². The van der Waals surface area contributed by atoms with Crippen molar-refractivity contribution in [3.8, 4) is 0 Å². The first-order valence-electron chi connectivity index (χ1n) is 10.4. The zero-order chi connectivity index (χ0) is 23.6. The summed E-state index contributed by atoms with van der Waals surface area (Å²) in [5.41, 5.74) is 0.818. The van der Waals surface area contributed by atoms with Crippen molar-refractivity contribution in [3.05, 3.63) is 52.0 Å². The van der Waals surface area contributed by atoms with Gasteiger partial charge in [-0.3, -0.25) is 9.59 Å². The minimum absolute atomic E-state index is 0.121. The second kappa shape index (κ2) is 9.87. The fraction of sp³-hybridized carbons (Fsp3) is 0.478. The van der Waals surface area contributed by atoms with Crippen LogP contribution in [0.25, 0.3) is 0 Å². The Morgan fingerprint density at radius 2 is 1.94 bits per heavy atom. The molecule has 1 aromatic carbocycles. The quantitative estimate of drug-likeness (QED) is 0.441. The van der Waals surface area contributed by atoms with E-state index in [0.29, 0.717) is 10.6 Å². The van der Waals surface area contributed by atoms with E-state index in [1.807, 2.05) is 0 Å². The highest BCUT2D eigenvalue weighted by Crippen LogP contribution is 2.41. The zero-order valence-electron chi connectivity index (χ0n) is 17.3. The Morgan fingerprint density at radius 1 is 1.25 bits per heavy atom. The first kappa shape index (κ1) is 24.6. The van der Waals surface area contributed by atoms with Crippen LogP contribution in [-0.4, -0.2) is 23.2 Å². The number of carbonyl (C=O) groups excluding carboxylic acids is 1. The summed E-state index contributed by atoms with van der Waals surface area (Å²) in [4.78, 5) is 24.6. The monoisotopic (exact) mass is 489 g/mol. The molecule has 1 fully saturated rings. The van der Waals surface area contributed by atoms with Gasteiger partial charge in [0.1, 0.15) is 0 Å². The number of anilines is 1. The Morgan fingerprint density at radius 3 is 2.47 bits per heavy atom. The van der Waals surface area contributed by atoms with Crippen LogP contribution in [-0.2, 0) is 16.0 Å². The second-order valence-corrected chi connectivity index (χ2v) is 9.34. The molecule has 0 bridgehead atoms. The number of rotatable bonds is 8. The van der Waals surface area contributed by atoms with E-state index in [-0.39, 0.29) is 29.5 Å². The summed E-state index contributed by atoms with van der Waals surface area (Å²) in [6.45, 7) is 0.989. The van der Waals surface area contributed by atoms with Gasteiger partial charge in [-0.05, 0) is 61.3 Å². The molecule has 1 saturated carbocycles. The van der Waals surface area contributed by atoms with Crippen LogP contribution in [0, 0.1) is 29.6 Å². The molecule has 0 saturated heterocycles. The normalized spacial score (nSPS) is 21.4. The van der Waals surface area contributed by atoms with Gasteiger partial charge in [0, 0.05) is 5.03 Å². The number of carbonyl (C=O) groups is 2. The minimum atomic E-state index is -4.56. The third-order valence-corrected chi connectivity index (χ3v) is 6.77. The van der Waals surface area contributed by atoms with E-state index >= 15 is 0 Å². The van der Waals surface area contributed by atoms with Gasteiger partial charge in [-0.1, -0.05) is 48.3 Å². The standard InChI is InChI=1S/C23H24Cl2F3NO3/c1-12(23(26,27)28)20(15-5-7-16(24)8-6-15)21(30)29-19-11-13(2-9-18(19)25)10-17(22(31)32)14-3-4-14/h2,5,7-9,11-12,14-15,17,20H,3-4,6,10H2,1H3,(H,29,30)(H,31,32)/t12-,15?,17?,20+/m1/s1. The largest absolute Gasteiger partial charge is 0.481 e. The maximum Gasteiger partial charge on any atom is 0.392 e. The van der Waals surface area contributed by atoms with Crippen LogP contribution in [0.3, 0.4) is 0 Å². The number of aliphatic carboxylic acids is 1. The molecule has 1 aromatic rings. The van der Waals surface area contributed by atoms with Crippen molar-refractivity contribution in [1.82, 2.24) is 0 Å². The summed E-state index contributed by atoms with van der Waals surface area (Å²) < 4.78 is 40.6. The van der Waals surface area contributed by atoms with E-state index < -0.39 is 41.7 Å². The maximum absolute atomic E-state index is 13.5. The Hall–Kier alpha value is -1.99. The molecule has 32 heavy (non-hydrogen) atoms. The summed E-state index contributed by atoms with van der Waals surface area (Å²) in [5, 5.41) is 12.6. The number of nitrogens with one attached hydrogen (secondary N) is 1. The zero-order valence-corrected chi connectivity index (χ0v) is 18.8. The summed E-state index contributed by atoms with van der Waals surface area (Å²) in [7, 11) is 0. The fourth-order valence-electron chi connectivity index (χ4n) is 4.09. The molecule has 3 rings (SSSR count). The van der Waals surface area contributed by atoms with Crippen LogP contribution in [0.15, 0.2) is 41.5 Å². The highest BCUT2D eigenvalue weighted by atomic mass is 35.5. The van der Waals surface area contributed by atoms with Crippen molar-refractivity contribution >= 4 is 40.8 Å². The summed E-state index contributed by atoms with van der Waals surface area (Å²) in [6.07, 6.45) is 2.24. The molecule has 0 radical (unpaired) electrons. The van der Waals surface area contributed by atoms with Gasteiger partial charge in [-0.15, -0.1) is 0 Å². The molecule has 4 atom stereocenters. The predicted molar refractivity (Wildman–Crippen MR) is 118 cm³/mol. The Labute approximate surface area is 194 Å². The second-order valence-electron chi connectivity index (χ2n) is 8.49. The summed E-state index contributed by atoms with van der Waals surface area (Å²) >= 11 is 12.1. The molecule has 2 aliphatic carbocycles. The van der Waals surface area contributed by atoms with Crippen LogP contribution in [0.2, 0.25) is 5.02 Å². The van der Waals surface area contributed by atoms with E-state index in [9.17, 15) is 27.9 Å². The lowest BCUT2D eigenvalue weighted by atomic mass is 9.78. The number of halogens is 5. The van der Waals surface area contributed by atoms with Crippen molar-refractivity contribution in [1.29, 1.82) is 0 Å². The van der Waals surface area contributed by atoms with E-state index in [1.165, 1.54) is 18.2 Å². The molecular formula is C23H24Cl2F3NO3. The molecule has 0 heterocycles. The lowest BCUT2D eigenvalue weighted by Gasteiger charge is -2.31. The summed E-state index contributed by atoms with van der Waals surface area (Å²) in [6, 6.07) is 4.73. The first-order chi connectivity index (χ1) is 15.0. The van der Waals surface area contributed by atoms with Gasteiger partial charge < -0.3 is 10.4 Å². The predicted octanol–water partition coefficient (Wildman–Crippen LogP) is 6.45. The Kier molecular flexibility index (Phi) is 7.61. The van der Waals surface area contributed by atoms with Crippen LogP contribution in [0.5, 0.6) is 0 Å². The number of carboxylic acids is 1. The molecule has 4 nitrogen and oxygen atoms in total. The number of hydrogen-bond acceptors (Lipinski definition) is 2. The van der Waals surface area contributed by atoms with Crippen LogP contribution in [0.1, 0.15) is 31.7 Å². The van der Waals surface area contributed by atoms with E-state index in [4.69, 9.17) is 23.2 Å². The third-order valence-electron chi connectivity index (χ3n) is 6.16. The fourth-order valence-corrected chi connectivity index (χ4v) is 4.42. The molecule has 2 N–H and O–H groups in total. The van der Waals surface area contributed by atoms with E-state index in [1.54, 1.807) is 18.2 Å². The number of hydrogen-bond donors (Lipinski definition) is 2. The molecule has 9 heteroatoms. The molecular weight excluding hydrogens is 466 g/mol. The molecule has 174 valence electrons. The van der Waals surface area contributed by atoms with E-state index in [0.717, 1.165) is 19.8 Å². The van der Waals surface area contributed by atoms with E-state index in [2.05, 4.69) is 5.32 Å². The average Bonchev–Trinajstić information content (AvgIpc) is 3.54. The highest BCUT2D eigenvalue weighted by Gasteiger charge is 2.47. The average molecular weight is 490 g/mol. The Balaban J connectivity index is 1.82. The highest BCUT2D eigenvalue weighted by molar-refractivity contribution is 6.33. The van der Waals surface area contributed by atoms with Crippen LogP contribution in [0.4, 0.5) is 18.9 Å². The Bertz CT molecular complexity index is 941. The molecule has 2 unspecified atom stereocenters. The van der Waals surface area contributed by atoms with Gasteiger partial charge >= 0.3 is 12.1 Å². The summed E-state index contributed by atoms with van der Waals surface area (Å²) in [5.74, 6) is -6.06. The smallest absolute Gasteiger partial charge is 0.392 e. The SMILES string of the molecule is C[C@H]([C@H](C(=O)Nc1cc(CC(C(=O)O)C2CC2)ccc1Cl)C1C=CC(Cl)=CC1)C(F)(F)F. The van der Waals surface area contributed by atoms with Crippen molar-refractivity contribution in [2.75, 3.05) is 5.32 Å². The van der Waals surface area contributed by atoms with Crippen molar-refractivity contribution in [2.24, 2.45) is 29.6 Å². The molecule has 0 aromatic heterocycles. The van der Waals surface area contributed by atoms with Crippen LogP contribution >= 0.6 is 23.2 Å². The molecule has 2 aliphatic rings. The molecule has 1 amide bonds. The van der Waals surface area contributed by atoms with Crippen molar-refractivity contribution in [2.45, 2.75) is 38.8 Å². The number of amides is 1. The van der Waals surface area contributed by atoms with Crippen LogP contribution < -0.4 is 5.32 Å². The molecule has 0 spiro atoms. The lowest BCUT2D eigenvalue weighted by molar-refractivity contribution is -0.188. The van der Waals surface area contributed by atoms with Gasteiger partial charge in [0.2, 0.25) is 5.91 Å². The van der Waals surface area contributed by atoms with Gasteiger partial charge in [0.15, 0.2) is 0 Å². The number of alkyl halides is 3. The van der Waals surface area contributed by atoms with Crippen molar-refractivity contribution in [3.63, 3.8) is 0 Å². The van der Waals surface area contributed by atoms with Crippen molar-refractivity contribution < 1.29 is 27.9 Å². The lowest BCUT2D eigenvalue weighted by Crippen LogP contribution is -2.40. The molecule has 0 aliphatic heterocycles. The van der Waals surface area contributed by atoms with Gasteiger partial charge in [-0.2, -0.15) is 13.2 Å². The van der Waals surface area contributed by atoms with Gasteiger partial charge in [0.25, 0.3) is 0 Å².